The summed E-state index contributed by atoms with van der Waals surface area (Å²) in [7, 11) is -0.782. The van der Waals surface area contributed by atoms with E-state index in [9.17, 15) is 4.79 Å². The second-order valence-corrected chi connectivity index (χ2v) is 11.7. The van der Waals surface area contributed by atoms with Gasteiger partial charge in [0.05, 0.1) is 6.42 Å². The standard InChI is InChI=1S/C28H34N2O2.ClHO4/c1-18-17-27(2,3)30(12-8-9-26(31)32)25-16-24-20(14-22(18)25)13-19-10-11-21(29(6)7)15-23(19)28(24,4)5;2-1(3,4)5/h10-11,13-17H,8-9,12H2,1-7H3;(H,2,3,4,5). The highest BCUT2D eigenvalue weighted by molar-refractivity contribution is 5.72. The number of carboxylic acid groups (broad SMARTS) is 1. The fraction of sp³-hybridized carbons (Fsp3) is 0.429. The minimum Gasteiger partial charge on any atom is -0.481 e. The van der Waals surface area contributed by atoms with Gasteiger partial charge in [-0.05, 0) is 64.8 Å². The van der Waals surface area contributed by atoms with Crippen LogP contribution in [0.2, 0.25) is 0 Å². The van der Waals surface area contributed by atoms with Crippen LogP contribution in [-0.2, 0) is 10.2 Å². The molecule has 1 aliphatic carbocycles. The van der Waals surface area contributed by atoms with Crippen molar-refractivity contribution in [3.63, 3.8) is 0 Å². The van der Waals surface area contributed by atoms with E-state index in [2.05, 4.69) is 101 Å². The lowest BCUT2D eigenvalue weighted by atomic mass is 9.71. The van der Waals surface area contributed by atoms with Gasteiger partial charge in [-0.25, -0.2) is 23.2 Å². The summed E-state index contributed by atoms with van der Waals surface area (Å²) in [6, 6.07) is 11.4. The van der Waals surface area contributed by atoms with Crippen LogP contribution in [0.5, 0.6) is 0 Å². The Morgan fingerprint density at radius 1 is 1.03 bits per heavy atom. The first-order chi connectivity index (χ1) is 16.9. The van der Waals surface area contributed by atoms with Crippen molar-refractivity contribution < 1.29 is 38.8 Å². The van der Waals surface area contributed by atoms with Gasteiger partial charge < -0.3 is 10.0 Å². The molecule has 1 aliphatic heterocycles. The highest BCUT2D eigenvalue weighted by Gasteiger charge is 2.36. The van der Waals surface area contributed by atoms with E-state index in [4.69, 9.17) is 23.7 Å². The van der Waals surface area contributed by atoms with E-state index in [-0.39, 0.29) is 17.4 Å². The molecule has 0 amide bonds. The van der Waals surface area contributed by atoms with Crippen LogP contribution in [0.4, 0.5) is 5.69 Å². The number of aliphatic carboxylic acids is 1. The zero-order chi connectivity index (χ0) is 27.9. The summed E-state index contributed by atoms with van der Waals surface area (Å²) in [6.07, 6.45) is 5.45. The van der Waals surface area contributed by atoms with E-state index in [1.54, 1.807) is 0 Å². The summed E-state index contributed by atoms with van der Waals surface area (Å²) in [6.45, 7) is 12.0. The fourth-order valence-electron chi connectivity index (χ4n) is 5.40. The highest BCUT2D eigenvalue weighted by Crippen LogP contribution is 2.37. The molecule has 2 aliphatic rings. The third-order valence-corrected chi connectivity index (χ3v) is 7.13. The Labute approximate surface area is 219 Å². The predicted molar refractivity (Wildman–Crippen MR) is 133 cm³/mol. The third-order valence-electron chi connectivity index (χ3n) is 7.13. The van der Waals surface area contributed by atoms with E-state index in [0.29, 0.717) is 6.42 Å². The van der Waals surface area contributed by atoms with Gasteiger partial charge in [-0.15, -0.1) is 10.2 Å². The third kappa shape index (κ3) is 6.40. The van der Waals surface area contributed by atoms with Gasteiger partial charge in [0.2, 0.25) is 5.36 Å². The molecule has 8 nitrogen and oxygen atoms in total. The average Bonchev–Trinajstić information content (AvgIpc) is 2.73. The molecule has 0 fully saturated rings. The van der Waals surface area contributed by atoms with Crippen LogP contribution in [0, 0.1) is 10.2 Å². The number of benzene rings is 2. The SMILES string of the molecule is CC1=CC(C)(C)[N+](CCCC(=O)O)=c2cc3c(cc21)=Cc1ccc(N(C)C)cc1C3(C)C.[O-][Cl+3]([O-])([O-])[O-]. The van der Waals surface area contributed by atoms with Crippen molar-refractivity contribution in [3.8, 4) is 0 Å². The minimum atomic E-state index is -4.94. The van der Waals surface area contributed by atoms with E-state index in [1.807, 2.05) is 0 Å². The van der Waals surface area contributed by atoms with Crippen molar-refractivity contribution in [2.24, 2.45) is 0 Å². The van der Waals surface area contributed by atoms with Gasteiger partial charge in [-0.3, -0.25) is 4.79 Å². The van der Waals surface area contributed by atoms with Crippen LogP contribution in [0.15, 0.2) is 36.4 Å². The quantitative estimate of drug-likeness (QED) is 0.490. The van der Waals surface area contributed by atoms with Crippen LogP contribution < -0.4 is 38.7 Å². The Balaban J connectivity index is 0.000000695. The number of allylic oxidation sites excluding steroid dienone is 1. The Bertz CT molecular complexity index is 1360. The molecular weight excluding hydrogens is 496 g/mol. The molecule has 9 heteroatoms. The lowest BCUT2D eigenvalue weighted by Crippen LogP contribution is -2.68. The minimum absolute atomic E-state index is 0.133. The molecule has 0 spiro atoms. The van der Waals surface area contributed by atoms with Crippen LogP contribution in [0.3, 0.4) is 0 Å². The van der Waals surface area contributed by atoms with Crippen molar-refractivity contribution in [2.45, 2.75) is 58.4 Å². The molecule has 2 aromatic rings. The molecule has 1 heterocycles. The molecule has 37 heavy (non-hydrogen) atoms. The van der Waals surface area contributed by atoms with Crippen LogP contribution in [0.1, 0.15) is 69.7 Å². The molecular formula is C28H35ClN2O6. The van der Waals surface area contributed by atoms with Crippen LogP contribution in [0.25, 0.3) is 11.6 Å². The number of fused-ring (bicyclic) bond motifs is 3. The first-order valence-corrected chi connectivity index (χ1v) is 13.3. The smallest absolute Gasteiger partial charge is 0.303 e. The maximum absolute atomic E-state index is 11.1. The zero-order valence-electron chi connectivity index (χ0n) is 22.4. The Morgan fingerprint density at radius 3 is 2.22 bits per heavy atom. The predicted octanol–water partition coefficient (Wildman–Crippen LogP) is -0.984. The second kappa shape index (κ2) is 10.2. The molecule has 2 aromatic carbocycles. The van der Waals surface area contributed by atoms with Crippen molar-refractivity contribution >= 4 is 23.3 Å². The topological polar surface area (TPSA) is 136 Å². The first-order valence-electron chi connectivity index (χ1n) is 12.1. The van der Waals surface area contributed by atoms with E-state index < -0.39 is 16.2 Å². The molecule has 0 atom stereocenters. The lowest BCUT2D eigenvalue weighted by Gasteiger charge is -2.33. The maximum Gasteiger partial charge on any atom is 0.303 e. The number of hydrogen-bond acceptors (Lipinski definition) is 6. The van der Waals surface area contributed by atoms with E-state index >= 15 is 0 Å². The largest absolute Gasteiger partial charge is 0.481 e. The van der Waals surface area contributed by atoms with Gasteiger partial charge >= 0.3 is 5.97 Å². The summed E-state index contributed by atoms with van der Waals surface area (Å²) in [5.41, 5.74) is 7.39. The highest BCUT2D eigenvalue weighted by atomic mass is 35.7. The number of carboxylic acids is 1. The number of nitrogens with zero attached hydrogens (tertiary/aromatic N) is 2. The van der Waals surface area contributed by atoms with Gasteiger partial charge in [0.15, 0.2) is 5.54 Å². The number of rotatable bonds is 5. The molecule has 0 saturated heterocycles. The van der Waals surface area contributed by atoms with Crippen LogP contribution >= 0.6 is 0 Å². The molecule has 0 radical (unpaired) electrons. The second-order valence-electron chi connectivity index (χ2n) is 10.9. The Hall–Kier alpha value is -2.75. The summed E-state index contributed by atoms with van der Waals surface area (Å²) in [5.74, 6) is -0.735. The number of carbonyl (C=O) groups is 1. The number of anilines is 1. The van der Waals surface area contributed by atoms with E-state index in [0.717, 1.165) is 6.54 Å². The summed E-state index contributed by atoms with van der Waals surface area (Å²) in [5, 5.41) is 11.6. The Morgan fingerprint density at radius 2 is 1.65 bits per heavy atom. The normalized spacial score (nSPS) is 16.7. The fourth-order valence-corrected chi connectivity index (χ4v) is 5.40. The maximum atomic E-state index is 11.1. The zero-order valence-corrected chi connectivity index (χ0v) is 23.2. The van der Waals surface area contributed by atoms with Gasteiger partial charge in [-0.2, -0.15) is 0 Å². The van der Waals surface area contributed by atoms with Crippen molar-refractivity contribution in [2.75, 3.05) is 25.5 Å². The molecule has 4 rings (SSSR count). The number of hydrogen-bond donors (Lipinski definition) is 1. The first kappa shape index (κ1) is 28.8. The van der Waals surface area contributed by atoms with Gasteiger partial charge in [0, 0.05) is 57.1 Å². The van der Waals surface area contributed by atoms with Gasteiger partial charge in [0.25, 0.3) is 0 Å². The van der Waals surface area contributed by atoms with Crippen molar-refractivity contribution in [1.82, 2.24) is 4.58 Å². The summed E-state index contributed by atoms with van der Waals surface area (Å²) in [4.78, 5) is 13.3. The number of halogens is 1. The molecule has 1 N–H and O–H groups in total. The average molecular weight is 531 g/mol. The molecule has 0 aromatic heterocycles. The summed E-state index contributed by atoms with van der Waals surface area (Å²) < 4.78 is 36.4. The van der Waals surface area contributed by atoms with Gasteiger partial charge in [-0.1, -0.05) is 19.9 Å². The monoisotopic (exact) mass is 530 g/mol. The van der Waals surface area contributed by atoms with E-state index in [1.165, 1.54) is 44.1 Å². The molecule has 200 valence electrons. The lowest BCUT2D eigenvalue weighted by molar-refractivity contribution is -2.00. The molecule has 0 bridgehead atoms. The molecule has 0 unspecified atom stereocenters. The molecule has 0 saturated carbocycles. The Kier molecular flexibility index (Phi) is 7.94. The van der Waals surface area contributed by atoms with Gasteiger partial charge in [0.1, 0.15) is 6.54 Å². The van der Waals surface area contributed by atoms with Crippen molar-refractivity contribution in [3.05, 3.63) is 69.2 Å². The van der Waals surface area contributed by atoms with Crippen LogP contribution in [-0.4, -0.2) is 37.3 Å². The summed E-state index contributed by atoms with van der Waals surface area (Å²) >= 11 is 0. The van der Waals surface area contributed by atoms with Crippen molar-refractivity contribution in [1.29, 1.82) is 0 Å².